The fourth-order valence-electron chi connectivity index (χ4n) is 4.66. The van der Waals surface area contributed by atoms with E-state index in [2.05, 4.69) is 12.2 Å². The van der Waals surface area contributed by atoms with Crippen LogP contribution in [-0.2, 0) is 33.8 Å². The van der Waals surface area contributed by atoms with Gasteiger partial charge in [0.05, 0.1) is 23.2 Å². The summed E-state index contributed by atoms with van der Waals surface area (Å²) in [4.78, 5) is 29.3. The molecule has 39 heavy (non-hydrogen) atoms. The Bertz CT molecular complexity index is 1380. The van der Waals surface area contributed by atoms with Crippen LogP contribution in [0.4, 0.5) is 0 Å². The predicted octanol–water partition coefficient (Wildman–Crippen LogP) is 4.16. The number of aliphatic carboxylic acids is 1. The molecule has 2 aromatic heterocycles. The molecular weight excluding hydrogens is 522 g/mol. The Morgan fingerprint density at radius 2 is 2.00 bits per heavy atom. The number of ether oxygens (including phenoxy) is 1. The van der Waals surface area contributed by atoms with Gasteiger partial charge in [-0.2, -0.15) is 0 Å². The lowest BCUT2D eigenvalue weighted by Gasteiger charge is -2.27. The molecule has 2 N–H and O–H groups in total. The molecule has 1 aromatic carbocycles. The maximum atomic E-state index is 13.0. The molecule has 1 aliphatic carbocycles. The molecule has 0 bridgehead atoms. The normalized spacial score (nSPS) is 15.8. The molecule has 11 heteroatoms. The third-order valence-electron chi connectivity index (χ3n) is 7.39. The summed E-state index contributed by atoms with van der Waals surface area (Å²) >= 11 is -2.56. The van der Waals surface area contributed by atoms with Gasteiger partial charge in [-0.15, -0.1) is 0 Å². The zero-order valence-corrected chi connectivity index (χ0v) is 23.4. The molecule has 4 rings (SSSR count). The van der Waals surface area contributed by atoms with Crippen molar-refractivity contribution >= 4 is 34.2 Å². The molecule has 10 nitrogen and oxygen atoms in total. The first kappa shape index (κ1) is 28.9. The minimum Gasteiger partial charge on any atom is -0.760 e. The number of carboxylic acids is 1. The number of nitrogens with zero attached hydrogens (tertiary/aromatic N) is 2. The van der Waals surface area contributed by atoms with Gasteiger partial charge in [0, 0.05) is 37.5 Å². The number of nitrogens with one attached hydrogen (secondary N) is 1. The quantitative estimate of drug-likeness (QED) is 0.299. The fraction of sp³-hybridized carbons (Fsp3) is 0.464. The van der Waals surface area contributed by atoms with Crippen molar-refractivity contribution in [1.29, 1.82) is 0 Å². The number of methoxy groups -OCH3 is 1. The van der Waals surface area contributed by atoms with Crippen LogP contribution in [0, 0.1) is 0 Å². The maximum absolute atomic E-state index is 13.0. The van der Waals surface area contributed by atoms with E-state index in [0.29, 0.717) is 22.4 Å². The van der Waals surface area contributed by atoms with Crippen molar-refractivity contribution in [3.63, 3.8) is 0 Å². The molecule has 2 atom stereocenters. The lowest BCUT2D eigenvalue weighted by Crippen LogP contribution is -2.38. The standard InChI is InChI=1S/C28H35N3O7S/c1-5-17-7-9-19(10-8-17)24-23(25(32)29-3)21-15-20(18-11-12-18)22(30-26(21)38-24)16-31(39(35)36)14-6-13-28(2,37-4)27(33)34/h7-10,15,18H,5-6,11-14,16H2,1-4H3,(H,29,32)(H,33,34)(H,35,36)/p-1. The zero-order chi connectivity index (χ0) is 28.3. The molecule has 0 saturated heterocycles. The molecule has 0 radical (unpaired) electrons. The summed E-state index contributed by atoms with van der Waals surface area (Å²) in [5.41, 5.74) is 2.62. The molecule has 3 aromatic rings. The number of carboxylic acid groups (broad SMARTS) is 1. The Morgan fingerprint density at radius 1 is 1.31 bits per heavy atom. The van der Waals surface area contributed by atoms with Crippen LogP contribution in [0.25, 0.3) is 22.4 Å². The number of rotatable bonds is 13. The summed E-state index contributed by atoms with van der Waals surface area (Å²) in [5, 5.41) is 12.7. The Balaban J connectivity index is 1.70. The largest absolute Gasteiger partial charge is 0.760 e. The molecule has 1 fully saturated rings. The molecular formula is C28H34N3O7S-. The number of amides is 1. The highest BCUT2D eigenvalue weighted by Gasteiger charge is 2.33. The van der Waals surface area contributed by atoms with E-state index in [9.17, 15) is 23.5 Å². The van der Waals surface area contributed by atoms with Crippen molar-refractivity contribution in [3.8, 4) is 11.3 Å². The smallest absolute Gasteiger partial charge is 0.335 e. The highest BCUT2D eigenvalue weighted by molar-refractivity contribution is 7.76. The molecule has 2 heterocycles. The zero-order valence-electron chi connectivity index (χ0n) is 22.6. The number of pyridine rings is 1. The van der Waals surface area contributed by atoms with Crippen LogP contribution in [0.2, 0.25) is 0 Å². The first-order chi connectivity index (χ1) is 18.6. The van der Waals surface area contributed by atoms with Crippen LogP contribution in [0.5, 0.6) is 0 Å². The summed E-state index contributed by atoms with van der Waals surface area (Å²) in [5.74, 6) is -0.758. The minimum atomic E-state index is -2.56. The SMILES string of the molecule is CCc1ccc(-c2oc3nc(CN(CCCC(C)(OC)C(=O)O)S(=O)[O-])c(C4CC4)cc3c2C(=O)NC)cc1. The third-order valence-corrected chi connectivity index (χ3v) is 8.13. The van der Waals surface area contributed by atoms with Gasteiger partial charge in [-0.25, -0.2) is 14.1 Å². The van der Waals surface area contributed by atoms with Gasteiger partial charge < -0.3 is 24.1 Å². The molecule has 0 spiro atoms. The summed E-state index contributed by atoms with van der Waals surface area (Å²) in [6.07, 6.45) is 3.21. The summed E-state index contributed by atoms with van der Waals surface area (Å²) in [7, 11) is 2.89. The van der Waals surface area contributed by atoms with E-state index in [1.807, 2.05) is 30.3 Å². The van der Waals surface area contributed by atoms with Gasteiger partial charge in [0.15, 0.2) is 5.60 Å². The van der Waals surface area contributed by atoms with Crippen molar-refractivity contribution in [1.82, 2.24) is 14.6 Å². The highest BCUT2D eigenvalue weighted by Crippen LogP contribution is 2.44. The monoisotopic (exact) mass is 556 g/mol. The second-order valence-electron chi connectivity index (χ2n) is 10.0. The van der Waals surface area contributed by atoms with Gasteiger partial charge in [0.2, 0.25) is 5.71 Å². The summed E-state index contributed by atoms with van der Waals surface area (Å²) in [6.45, 7) is 3.63. The van der Waals surface area contributed by atoms with E-state index in [-0.39, 0.29) is 43.5 Å². The number of benzene rings is 1. The van der Waals surface area contributed by atoms with Crippen molar-refractivity contribution in [2.24, 2.45) is 0 Å². The van der Waals surface area contributed by atoms with E-state index < -0.39 is 22.8 Å². The van der Waals surface area contributed by atoms with E-state index in [1.165, 1.54) is 18.3 Å². The Morgan fingerprint density at radius 3 is 2.54 bits per heavy atom. The number of furan rings is 1. The van der Waals surface area contributed by atoms with Gasteiger partial charge in [-0.3, -0.25) is 9.00 Å². The number of aromatic nitrogens is 1. The highest BCUT2D eigenvalue weighted by atomic mass is 32.2. The number of hydrogen-bond acceptors (Lipinski definition) is 7. The fourth-order valence-corrected chi connectivity index (χ4v) is 5.16. The average molecular weight is 557 g/mol. The van der Waals surface area contributed by atoms with Gasteiger partial charge >= 0.3 is 5.97 Å². The first-order valence-electron chi connectivity index (χ1n) is 13.0. The number of aryl methyl sites for hydroxylation is 1. The van der Waals surface area contributed by atoms with Gasteiger partial charge in [-0.05, 0) is 62.1 Å². The molecule has 1 aliphatic rings. The molecule has 2 unspecified atom stereocenters. The van der Waals surface area contributed by atoms with Crippen LogP contribution < -0.4 is 5.32 Å². The topological polar surface area (TPSA) is 145 Å². The second-order valence-corrected chi connectivity index (χ2v) is 11.0. The minimum absolute atomic E-state index is 0.00515. The number of fused-ring (bicyclic) bond motifs is 1. The van der Waals surface area contributed by atoms with E-state index >= 15 is 0 Å². The van der Waals surface area contributed by atoms with E-state index in [0.717, 1.165) is 36.0 Å². The van der Waals surface area contributed by atoms with Crippen molar-refractivity contribution in [2.45, 2.75) is 64.0 Å². The second kappa shape index (κ2) is 12.0. The number of carbonyl (C=O) groups excluding carboxylic acids is 1. The molecule has 1 amide bonds. The number of hydrogen-bond donors (Lipinski definition) is 2. The van der Waals surface area contributed by atoms with E-state index in [1.54, 1.807) is 7.05 Å². The van der Waals surface area contributed by atoms with Gasteiger partial charge in [0.25, 0.3) is 5.91 Å². The van der Waals surface area contributed by atoms with Gasteiger partial charge in [-0.1, -0.05) is 31.2 Å². The Kier molecular flexibility index (Phi) is 8.85. The van der Waals surface area contributed by atoms with Crippen LogP contribution in [-0.4, -0.2) is 61.3 Å². The van der Waals surface area contributed by atoms with Crippen LogP contribution in [0.1, 0.15) is 72.6 Å². The summed E-state index contributed by atoms with van der Waals surface area (Å²) in [6, 6.07) is 9.72. The van der Waals surface area contributed by atoms with Crippen molar-refractivity contribution in [2.75, 3.05) is 20.7 Å². The molecule has 210 valence electrons. The average Bonchev–Trinajstić information content (AvgIpc) is 3.71. The predicted molar refractivity (Wildman–Crippen MR) is 146 cm³/mol. The van der Waals surface area contributed by atoms with Crippen LogP contribution in [0.15, 0.2) is 34.7 Å². The Hall–Kier alpha value is -3.12. The van der Waals surface area contributed by atoms with E-state index in [4.69, 9.17) is 14.1 Å². The Labute approximate surface area is 230 Å². The lowest BCUT2D eigenvalue weighted by atomic mass is 10.00. The molecule has 0 aliphatic heterocycles. The van der Waals surface area contributed by atoms with Crippen LogP contribution in [0.3, 0.4) is 0 Å². The van der Waals surface area contributed by atoms with Crippen molar-refractivity contribution < 1.29 is 32.6 Å². The maximum Gasteiger partial charge on any atom is 0.335 e. The summed E-state index contributed by atoms with van der Waals surface area (Å²) < 4.78 is 36.8. The van der Waals surface area contributed by atoms with Crippen molar-refractivity contribution in [3.05, 3.63) is 52.7 Å². The first-order valence-corrected chi connectivity index (χ1v) is 14.1. The third kappa shape index (κ3) is 6.22. The van der Waals surface area contributed by atoms with Gasteiger partial charge in [0.1, 0.15) is 5.76 Å². The van der Waals surface area contributed by atoms with Crippen LogP contribution >= 0.6 is 0 Å². The number of carbonyl (C=O) groups is 2. The molecule has 1 saturated carbocycles. The lowest BCUT2D eigenvalue weighted by molar-refractivity contribution is -0.161.